The molecule has 1 saturated heterocycles. The summed E-state index contributed by atoms with van der Waals surface area (Å²) < 4.78 is 23.0. The second-order valence-electron chi connectivity index (χ2n) is 6.66. The zero-order valence-corrected chi connectivity index (χ0v) is 12.8. The number of hydrogen-bond donors (Lipinski definition) is 1. The van der Waals surface area contributed by atoms with Crippen LogP contribution in [0.2, 0.25) is 0 Å². The van der Waals surface area contributed by atoms with Gasteiger partial charge in [0.15, 0.2) is 9.84 Å². The summed E-state index contributed by atoms with van der Waals surface area (Å²) >= 11 is 0. The quantitative estimate of drug-likeness (QED) is 0.827. The Labute approximate surface area is 111 Å². The van der Waals surface area contributed by atoms with E-state index in [2.05, 4.69) is 17.1 Å². The van der Waals surface area contributed by atoms with E-state index < -0.39 is 14.6 Å². The van der Waals surface area contributed by atoms with Crippen LogP contribution in [0.4, 0.5) is 0 Å². The van der Waals surface area contributed by atoms with Gasteiger partial charge in [0.1, 0.15) is 0 Å². The standard InChI is InChI=1S/C13H26N2O2S/c1-10-7-14-12(11-5-6-11)8-15(10)9-13(2,3)18(4,16)17/h10-12,14H,5-9H2,1-4H3. The fourth-order valence-electron chi connectivity index (χ4n) is 2.59. The number of nitrogens with one attached hydrogen (secondary N) is 1. The van der Waals surface area contributed by atoms with Crippen molar-refractivity contribution in [2.24, 2.45) is 5.92 Å². The molecule has 0 radical (unpaired) electrons. The van der Waals surface area contributed by atoms with Crippen molar-refractivity contribution < 1.29 is 8.42 Å². The maximum absolute atomic E-state index is 11.8. The van der Waals surface area contributed by atoms with Gasteiger partial charge in [-0.25, -0.2) is 8.42 Å². The molecule has 0 aromatic heterocycles. The maximum Gasteiger partial charge on any atom is 0.153 e. The van der Waals surface area contributed by atoms with E-state index in [1.807, 2.05) is 13.8 Å². The van der Waals surface area contributed by atoms with Gasteiger partial charge in [-0.05, 0) is 39.5 Å². The summed E-state index contributed by atoms with van der Waals surface area (Å²) in [5.41, 5.74) is 0. The van der Waals surface area contributed by atoms with Crippen molar-refractivity contribution >= 4 is 9.84 Å². The largest absolute Gasteiger partial charge is 0.311 e. The zero-order chi connectivity index (χ0) is 13.6. The van der Waals surface area contributed by atoms with Crippen LogP contribution in [0.3, 0.4) is 0 Å². The van der Waals surface area contributed by atoms with Gasteiger partial charge in [-0.15, -0.1) is 0 Å². The lowest BCUT2D eigenvalue weighted by Crippen LogP contribution is -2.59. The second kappa shape index (κ2) is 4.76. The van der Waals surface area contributed by atoms with Crippen molar-refractivity contribution in [2.75, 3.05) is 25.9 Å². The zero-order valence-electron chi connectivity index (χ0n) is 11.9. The predicted molar refractivity (Wildman–Crippen MR) is 74.5 cm³/mol. The molecule has 5 heteroatoms. The van der Waals surface area contributed by atoms with Gasteiger partial charge in [-0.1, -0.05) is 0 Å². The van der Waals surface area contributed by atoms with Crippen molar-refractivity contribution in [3.63, 3.8) is 0 Å². The Balaban J connectivity index is 2.02. The van der Waals surface area contributed by atoms with Gasteiger partial charge >= 0.3 is 0 Å². The first-order valence-corrected chi connectivity index (χ1v) is 8.77. The van der Waals surface area contributed by atoms with Crippen LogP contribution in [0.15, 0.2) is 0 Å². The van der Waals surface area contributed by atoms with Crippen LogP contribution >= 0.6 is 0 Å². The summed E-state index contributed by atoms with van der Waals surface area (Å²) in [7, 11) is -3.01. The third-order valence-electron chi connectivity index (χ3n) is 4.51. The normalized spacial score (nSPS) is 31.6. The van der Waals surface area contributed by atoms with E-state index in [9.17, 15) is 8.42 Å². The van der Waals surface area contributed by atoms with Gasteiger partial charge in [0.2, 0.25) is 0 Å². The summed E-state index contributed by atoms with van der Waals surface area (Å²) in [5, 5.41) is 3.59. The highest BCUT2D eigenvalue weighted by atomic mass is 32.2. The van der Waals surface area contributed by atoms with Gasteiger partial charge in [0.05, 0.1) is 4.75 Å². The van der Waals surface area contributed by atoms with Crippen molar-refractivity contribution in [3.05, 3.63) is 0 Å². The van der Waals surface area contributed by atoms with E-state index in [-0.39, 0.29) is 0 Å². The van der Waals surface area contributed by atoms with Crippen molar-refractivity contribution in [3.8, 4) is 0 Å². The van der Waals surface area contributed by atoms with Crippen LogP contribution in [-0.4, -0.2) is 56.0 Å². The van der Waals surface area contributed by atoms with Crippen molar-refractivity contribution in [1.29, 1.82) is 0 Å². The molecule has 2 fully saturated rings. The van der Waals surface area contributed by atoms with E-state index in [1.54, 1.807) is 0 Å². The summed E-state index contributed by atoms with van der Waals surface area (Å²) in [4.78, 5) is 2.35. The molecule has 4 nitrogen and oxygen atoms in total. The van der Waals surface area contributed by atoms with Gasteiger partial charge in [-0.2, -0.15) is 0 Å². The fraction of sp³-hybridized carbons (Fsp3) is 1.00. The van der Waals surface area contributed by atoms with E-state index in [0.717, 1.165) is 19.0 Å². The first kappa shape index (κ1) is 14.3. The molecule has 2 unspecified atom stereocenters. The molecule has 0 spiro atoms. The van der Waals surface area contributed by atoms with Crippen LogP contribution in [0.25, 0.3) is 0 Å². The monoisotopic (exact) mass is 274 g/mol. The molecule has 2 aliphatic rings. The average Bonchev–Trinajstić information content (AvgIpc) is 3.02. The summed E-state index contributed by atoms with van der Waals surface area (Å²) in [6.07, 6.45) is 4.00. The van der Waals surface area contributed by atoms with Crippen LogP contribution < -0.4 is 5.32 Å². The molecule has 2 atom stereocenters. The van der Waals surface area contributed by atoms with E-state index in [4.69, 9.17) is 0 Å². The molecule has 1 aliphatic carbocycles. The SMILES string of the molecule is CC1CNC(C2CC2)CN1CC(C)(C)S(C)(=O)=O. The van der Waals surface area contributed by atoms with Crippen LogP contribution in [0.5, 0.6) is 0 Å². The lowest BCUT2D eigenvalue weighted by atomic mass is 10.0. The lowest BCUT2D eigenvalue weighted by Gasteiger charge is -2.42. The third-order valence-corrected chi connectivity index (χ3v) is 6.65. The Hall–Kier alpha value is -0.130. The molecule has 1 heterocycles. The summed E-state index contributed by atoms with van der Waals surface area (Å²) in [6.45, 7) is 8.45. The van der Waals surface area contributed by atoms with Crippen molar-refractivity contribution in [1.82, 2.24) is 10.2 Å². The molecule has 1 N–H and O–H groups in total. The molecule has 18 heavy (non-hydrogen) atoms. The number of sulfone groups is 1. The summed E-state index contributed by atoms with van der Waals surface area (Å²) in [6, 6.07) is 0.984. The smallest absolute Gasteiger partial charge is 0.153 e. The third kappa shape index (κ3) is 3.06. The van der Waals surface area contributed by atoms with Crippen LogP contribution in [-0.2, 0) is 9.84 Å². The molecule has 0 aromatic carbocycles. The first-order chi connectivity index (χ1) is 8.21. The molecule has 0 aromatic rings. The Morgan fingerprint density at radius 3 is 2.44 bits per heavy atom. The summed E-state index contributed by atoms with van der Waals surface area (Å²) in [5.74, 6) is 0.821. The second-order valence-corrected chi connectivity index (χ2v) is 9.31. The highest BCUT2D eigenvalue weighted by Crippen LogP contribution is 2.34. The first-order valence-electron chi connectivity index (χ1n) is 6.88. The van der Waals surface area contributed by atoms with Gasteiger partial charge in [-0.3, -0.25) is 4.90 Å². The van der Waals surface area contributed by atoms with Crippen LogP contribution in [0.1, 0.15) is 33.6 Å². The van der Waals surface area contributed by atoms with Gasteiger partial charge in [0.25, 0.3) is 0 Å². The number of rotatable bonds is 4. The highest BCUT2D eigenvalue weighted by Gasteiger charge is 2.39. The van der Waals surface area contributed by atoms with E-state index in [1.165, 1.54) is 19.1 Å². The molecular weight excluding hydrogens is 248 g/mol. The highest BCUT2D eigenvalue weighted by molar-refractivity contribution is 7.92. The number of nitrogens with zero attached hydrogens (tertiary/aromatic N) is 1. The molecule has 1 saturated carbocycles. The Kier molecular flexibility index (Phi) is 3.78. The molecule has 106 valence electrons. The number of hydrogen-bond acceptors (Lipinski definition) is 4. The van der Waals surface area contributed by atoms with Crippen LogP contribution in [0, 0.1) is 5.92 Å². The molecule has 0 bridgehead atoms. The lowest BCUT2D eigenvalue weighted by molar-refractivity contribution is 0.123. The fourth-order valence-corrected chi connectivity index (χ4v) is 2.99. The van der Waals surface area contributed by atoms with E-state index >= 15 is 0 Å². The topological polar surface area (TPSA) is 49.4 Å². The minimum atomic E-state index is -3.01. The van der Waals surface area contributed by atoms with Gasteiger partial charge in [0, 0.05) is 38.0 Å². The Bertz CT molecular complexity index is 401. The predicted octanol–water partition coefficient (Wildman–Crippen LogP) is 0.882. The minimum Gasteiger partial charge on any atom is -0.311 e. The van der Waals surface area contributed by atoms with Gasteiger partial charge < -0.3 is 5.32 Å². The Morgan fingerprint density at radius 2 is 1.94 bits per heavy atom. The minimum absolute atomic E-state index is 0.418. The average molecular weight is 274 g/mol. The van der Waals surface area contributed by atoms with Crippen molar-refractivity contribution in [2.45, 2.75) is 50.4 Å². The van der Waals surface area contributed by atoms with E-state index in [0.29, 0.717) is 18.6 Å². The molecule has 1 aliphatic heterocycles. The molecule has 2 rings (SSSR count). The number of piperazine rings is 1. The Morgan fingerprint density at radius 1 is 1.33 bits per heavy atom. The maximum atomic E-state index is 11.8. The molecular formula is C13H26N2O2S. The molecule has 0 amide bonds.